The van der Waals surface area contributed by atoms with Gasteiger partial charge in [-0.1, -0.05) is 5.11 Å². The number of ether oxygens (including phenoxy) is 2. The summed E-state index contributed by atoms with van der Waals surface area (Å²) in [5.41, 5.74) is 14.3. The number of nitrogens with one attached hydrogen (secondary N) is 1. The molecule has 8 nitrogen and oxygen atoms in total. The van der Waals surface area contributed by atoms with Crippen LogP contribution < -0.4 is 20.5 Å². The fraction of sp³-hybridized carbons (Fsp3) is 0.417. The Balaban J connectivity index is 2.21. The summed E-state index contributed by atoms with van der Waals surface area (Å²) in [5.74, 6) is 0.649. The number of benzene rings is 1. The third-order valence-electron chi connectivity index (χ3n) is 2.86. The van der Waals surface area contributed by atoms with Crippen molar-refractivity contribution in [3.8, 4) is 11.5 Å². The van der Waals surface area contributed by atoms with Crippen molar-refractivity contribution < 1.29 is 14.3 Å². The van der Waals surface area contributed by atoms with E-state index >= 15 is 0 Å². The number of hydrogen-bond donors (Lipinski definition) is 2. The average molecular weight is 356 g/mol. The van der Waals surface area contributed by atoms with Gasteiger partial charge in [0.15, 0.2) is 11.5 Å². The molecule has 21 heavy (non-hydrogen) atoms. The standard InChI is InChI=1S/C12H14BrN5O3/c13-8-5-7(6-9-11(8)21-4-3-20-9)10(12(14)19)16-1-2-17-18-15/h5-6,10,16H,1-4H2,(H2,14,19). The van der Waals surface area contributed by atoms with Gasteiger partial charge in [-0.05, 0) is 39.2 Å². The maximum Gasteiger partial charge on any atom is 0.239 e. The quantitative estimate of drug-likeness (QED) is 0.348. The first-order valence-corrected chi connectivity index (χ1v) is 7.05. The van der Waals surface area contributed by atoms with Crippen LogP contribution in [0.5, 0.6) is 11.5 Å². The molecule has 0 bridgehead atoms. The van der Waals surface area contributed by atoms with E-state index in [0.29, 0.717) is 41.3 Å². The van der Waals surface area contributed by atoms with Crippen LogP contribution in [0.25, 0.3) is 10.4 Å². The molecule has 1 aromatic rings. The van der Waals surface area contributed by atoms with E-state index in [1.54, 1.807) is 12.1 Å². The van der Waals surface area contributed by atoms with Gasteiger partial charge in [0.25, 0.3) is 0 Å². The molecule has 0 aliphatic carbocycles. The second-order valence-electron chi connectivity index (χ2n) is 4.27. The first-order valence-electron chi connectivity index (χ1n) is 6.26. The Bertz CT molecular complexity index is 589. The Morgan fingerprint density at radius 1 is 1.52 bits per heavy atom. The second kappa shape index (κ2) is 7.16. The number of hydrogen-bond acceptors (Lipinski definition) is 5. The highest BCUT2D eigenvalue weighted by atomic mass is 79.9. The van der Waals surface area contributed by atoms with Crippen molar-refractivity contribution in [2.45, 2.75) is 6.04 Å². The van der Waals surface area contributed by atoms with Crippen LogP contribution in [0.4, 0.5) is 0 Å². The van der Waals surface area contributed by atoms with Crippen molar-refractivity contribution in [1.29, 1.82) is 0 Å². The molecule has 1 aliphatic rings. The van der Waals surface area contributed by atoms with Gasteiger partial charge >= 0.3 is 0 Å². The number of carbonyl (C=O) groups is 1. The van der Waals surface area contributed by atoms with Crippen LogP contribution in [-0.2, 0) is 4.79 Å². The van der Waals surface area contributed by atoms with Crippen LogP contribution in [0.3, 0.4) is 0 Å². The highest BCUT2D eigenvalue weighted by molar-refractivity contribution is 9.10. The van der Waals surface area contributed by atoms with E-state index in [4.69, 9.17) is 20.7 Å². The van der Waals surface area contributed by atoms with Crippen LogP contribution in [0.2, 0.25) is 0 Å². The van der Waals surface area contributed by atoms with Crippen LogP contribution in [0.1, 0.15) is 11.6 Å². The number of azide groups is 1. The lowest BCUT2D eigenvalue weighted by Crippen LogP contribution is -2.35. The van der Waals surface area contributed by atoms with Crippen LogP contribution in [0.15, 0.2) is 21.7 Å². The molecule has 3 N–H and O–H groups in total. The molecular weight excluding hydrogens is 342 g/mol. The molecule has 1 amide bonds. The maximum absolute atomic E-state index is 11.6. The summed E-state index contributed by atoms with van der Waals surface area (Å²) in [7, 11) is 0. The minimum atomic E-state index is -0.703. The first kappa shape index (κ1) is 15.4. The lowest BCUT2D eigenvalue weighted by molar-refractivity contribution is -0.120. The van der Waals surface area contributed by atoms with Gasteiger partial charge in [-0.15, -0.1) is 0 Å². The summed E-state index contributed by atoms with van der Waals surface area (Å²) in [5, 5.41) is 6.34. The van der Waals surface area contributed by atoms with Gasteiger partial charge in [0, 0.05) is 18.0 Å². The number of rotatable bonds is 6. The number of halogens is 1. The van der Waals surface area contributed by atoms with Gasteiger partial charge in [-0.3, -0.25) is 4.79 Å². The summed E-state index contributed by atoms with van der Waals surface area (Å²) in [4.78, 5) is 14.3. The summed E-state index contributed by atoms with van der Waals surface area (Å²) in [6, 6.07) is 2.77. The van der Waals surface area contributed by atoms with Crippen molar-refractivity contribution in [2.75, 3.05) is 26.3 Å². The molecule has 1 unspecified atom stereocenters. The van der Waals surface area contributed by atoms with E-state index in [0.717, 1.165) is 0 Å². The predicted molar refractivity (Wildman–Crippen MR) is 79.1 cm³/mol. The third-order valence-corrected chi connectivity index (χ3v) is 3.45. The average Bonchev–Trinajstić information content (AvgIpc) is 2.47. The first-order chi connectivity index (χ1) is 10.1. The zero-order valence-electron chi connectivity index (χ0n) is 11.1. The van der Waals surface area contributed by atoms with Crippen LogP contribution >= 0.6 is 15.9 Å². The minimum Gasteiger partial charge on any atom is -0.486 e. The van der Waals surface area contributed by atoms with Gasteiger partial charge in [-0.2, -0.15) is 0 Å². The molecule has 112 valence electrons. The number of amides is 1. The maximum atomic E-state index is 11.6. The zero-order chi connectivity index (χ0) is 15.2. The van der Waals surface area contributed by atoms with E-state index in [9.17, 15) is 4.79 Å². The van der Waals surface area contributed by atoms with E-state index in [1.807, 2.05) is 0 Å². The van der Waals surface area contributed by atoms with Gasteiger partial charge in [0.05, 0.1) is 4.47 Å². The fourth-order valence-electron chi connectivity index (χ4n) is 1.98. The largest absolute Gasteiger partial charge is 0.486 e. The lowest BCUT2D eigenvalue weighted by Gasteiger charge is -2.22. The van der Waals surface area contributed by atoms with E-state index in [-0.39, 0.29) is 6.54 Å². The smallest absolute Gasteiger partial charge is 0.239 e. The molecule has 0 saturated carbocycles. The molecule has 9 heteroatoms. The Morgan fingerprint density at radius 2 is 2.29 bits per heavy atom. The molecule has 1 aromatic carbocycles. The van der Waals surface area contributed by atoms with Crippen molar-refractivity contribution in [3.63, 3.8) is 0 Å². The van der Waals surface area contributed by atoms with Gasteiger partial charge < -0.3 is 20.5 Å². The molecule has 0 saturated heterocycles. The zero-order valence-corrected chi connectivity index (χ0v) is 12.7. The number of fused-ring (bicyclic) bond motifs is 1. The normalized spacial score (nSPS) is 14.1. The molecule has 2 rings (SSSR count). The fourth-order valence-corrected chi connectivity index (χ4v) is 2.56. The van der Waals surface area contributed by atoms with Crippen molar-refractivity contribution in [1.82, 2.24) is 5.32 Å². The molecule has 1 atom stereocenters. The highest BCUT2D eigenvalue weighted by Crippen LogP contribution is 2.39. The summed E-state index contributed by atoms with van der Waals surface area (Å²) in [6.07, 6.45) is 0. The molecule has 0 fully saturated rings. The topological polar surface area (TPSA) is 122 Å². The van der Waals surface area contributed by atoms with Gasteiger partial charge in [0.1, 0.15) is 19.3 Å². The predicted octanol–water partition coefficient (Wildman–Crippen LogP) is 1.65. The number of nitrogens with two attached hydrogens (primary N) is 1. The third kappa shape index (κ3) is 3.78. The summed E-state index contributed by atoms with van der Waals surface area (Å²) >= 11 is 3.39. The van der Waals surface area contributed by atoms with E-state index < -0.39 is 11.9 Å². The van der Waals surface area contributed by atoms with E-state index in [1.165, 1.54) is 0 Å². The molecule has 0 aromatic heterocycles. The van der Waals surface area contributed by atoms with Gasteiger partial charge in [-0.25, -0.2) is 0 Å². The molecular formula is C12H14BrN5O3. The molecule has 1 aliphatic heterocycles. The van der Waals surface area contributed by atoms with Crippen molar-refractivity contribution >= 4 is 21.8 Å². The number of nitrogens with zero attached hydrogens (tertiary/aromatic N) is 3. The van der Waals surface area contributed by atoms with Crippen LogP contribution in [0, 0.1) is 0 Å². The van der Waals surface area contributed by atoms with Crippen LogP contribution in [-0.4, -0.2) is 32.2 Å². The van der Waals surface area contributed by atoms with Crippen molar-refractivity contribution in [2.24, 2.45) is 10.8 Å². The Morgan fingerprint density at radius 3 is 3.00 bits per heavy atom. The monoisotopic (exact) mass is 355 g/mol. The number of carbonyl (C=O) groups excluding carboxylic acids is 1. The number of primary amides is 1. The minimum absolute atomic E-state index is 0.228. The van der Waals surface area contributed by atoms with E-state index in [2.05, 4.69) is 31.3 Å². The Kier molecular flexibility index (Phi) is 5.26. The SMILES string of the molecule is [N-]=[N+]=NCCNC(C(N)=O)c1cc(Br)c2c(c1)OCCO2. The Hall–Kier alpha value is -1.96. The molecule has 1 heterocycles. The molecule has 0 radical (unpaired) electrons. The summed E-state index contributed by atoms with van der Waals surface area (Å²) < 4.78 is 11.7. The second-order valence-corrected chi connectivity index (χ2v) is 5.13. The summed E-state index contributed by atoms with van der Waals surface area (Å²) in [6.45, 7) is 1.50. The lowest BCUT2D eigenvalue weighted by atomic mass is 10.1. The highest BCUT2D eigenvalue weighted by Gasteiger charge is 2.22. The Labute approximate surface area is 129 Å². The van der Waals surface area contributed by atoms with Gasteiger partial charge in [0.2, 0.25) is 5.91 Å². The van der Waals surface area contributed by atoms with Crippen molar-refractivity contribution in [3.05, 3.63) is 32.6 Å². The molecule has 0 spiro atoms.